The van der Waals surface area contributed by atoms with Crippen molar-refractivity contribution in [3.8, 4) is 0 Å². The average molecular weight is 427 g/mol. The number of carbonyl (C=O) groups excluding carboxylic acids is 3. The van der Waals surface area contributed by atoms with E-state index in [9.17, 15) is 18.8 Å². The van der Waals surface area contributed by atoms with Crippen LogP contribution in [0.3, 0.4) is 0 Å². The molecule has 2 amide bonds. The van der Waals surface area contributed by atoms with Crippen molar-refractivity contribution in [3.05, 3.63) is 58.3 Å². The molecule has 0 aromatic heterocycles. The van der Waals surface area contributed by atoms with Gasteiger partial charge in [0.15, 0.2) is 6.61 Å². The predicted octanol–water partition coefficient (Wildman–Crippen LogP) is 4.42. The van der Waals surface area contributed by atoms with E-state index in [2.05, 4.69) is 10.6 Å². The highest BCUT2D eigenvalue weighted by molar-refractivity contribution is 6.36. The monoisotopic (exact) mass is 426 g/mol. The van der Waals surface area contributed by atoms with E-state index in [1.807, 2.05) is 0 Å². The summed E-state index contributed by atoms with van der Waals surface area (Å²) < 4.78 is 17.7. The third-order valence-electron chi connectivity index (χ3n) is 3.48. The molecule has 0 aliphatic rings. The van der Waals surface area contributed by atoms with E-state index in [4.69, 9.17) is 27.9 Å². The van der Waals surface area contributed by atoms with E-state index in [-0.39, 0.29) is 30.2 Å². The fraction of sp³-hybridized carbons (Fsp3) is 0.211. The van der Waals surface area contributed by atoms with Gasteiger partial charge in [0.1, 0.15) is 5.82 Å². The second kappa shape index (κ2) is 10.6. The van der Waals surface area contributed by atoms with Crippen molar-refractivity contribution in [1.82, 2.24) is 0 Å². The smallest absolute Gasteiger partial charge is 0.306 e. The Morgan fingerprint density at radius 2 is 1.64 bits per heavy atom. The van der Waals surface area contributed by atoms with Crippen LogP contribution < -0.4 is 10.6 Å². The Labute approximate surface area is 171 Å². The number of carbonyl (C=O) groups is 3. The molecule has 0 bridgehead atoms. The Hall–Kier alpha value is -2.64. The van der Waals surface area contributed by atoms with E-state index in [0.717, 1.165) is 0 Å². The zero-order chi connectivity index (χ0) is 20.5. The van der Waals surface area contributed by atoms with Crippen molar-refractivity contribution < 1.29 is 23.5 Å². The van der Waals surface area contributed by atoms with Crippen LogP contribution in [0.2, 0.25) is 10.0 Å². The fourth-order valence-corrected chi connectivity index (χ4v) is 2.60. The maximum absolute atomic E-state index is 12.8. The minimum atomic E-state index is -0.605. The molecule has 2 N–H and O–H groups in total. The second-order valence-corrected chi connectivity index (χ2v) is 6.59. The predicted molar refractivity (Wildman–Crippen MR) is 105 cm³/mol. The van der Waals surface area contributed by atoms with Crippen LogP contribution in [-0.2, 0) is 19.1 Å². The Bertz CT molecular complexity index is 860. The van der Waals surface area contributed by atoms with Crippen molar-refractivity contribution in [2.45, 2.75) is 19.3 Å². The van der Waals surface area contributed by atoms with Crippen LogP contribution >= 0.6 is 23.2 Å². The van der Waals surface area contributed by atoms with Gasteiger partial charge in [-0.05, 0) is 48.9 Å². The van der Waals surface area contributed by atoms with Crippen LogP contribution in [0.4, 0.5) is 15.8 Å². The summed E-state index contributed by atoms with van der Waals surface area (Å²) in [7, 11) is 0. The number of nitrogens with one attached hydrogen (secondary N) is 2. The van der Waals surface area contributed by atoms with Crippen molar-refractivity contribution in [2.24, 2.45) is 0 Å². The first-order valence-corrected chi connectivity index (χ1v) is 9.05. The highest BCUT2D eigenvalue weighted by Crippen LogP contribution is 2.25. The molecule has 2 rings (SSSR count). The maximum Gasteiger partial charge on any atom is 0.306 e. The van der Waals surface area contributed by atoms with Gasteiger partial charge in [0.25, 0.3) is 5.91 Å². The third kappa shape index (κ3) is 7.54. The molecular formula is C19H17Cl2FN2O4. The third-order valence-corrected chi connectivity index (χ3v) is 4.03. The molecule has 148 valence electrons. The molecule has 0 radical (unpaired) electrons. The molecule has 28 heavy (non-hydrogen) atoms. The van der Waals surface area contributed by atoms with E-state index in [1.165, 1.54) is 36.4 Å². The quantitative estimate of drug-likeness (QED) is 0.611. The summed E-state index contributed by atoms with van der Waals surface area (Å²) in [6.45, 7) is -0.473. The number of amides is 2. The lowest BCUT2D eigenvalue weighted by Gasteiger charge is -2.08. The summed E-state index contributed by atoms with van der Waals surface area (Å²) in [6.07, 6.45) is 0.307. The average Bonchev–Trinajstić information content (AvgIpc) is 2.64. The molecule has 0 saturated carbocycles. The Morgan fingerprint density at radius 1 is 0.929 bits per heavy atom. The van der Waals surface area contributed by atoms with Gasteiger partial charge < -0.3 is 15.4 Å². The van der Waals surface area contributed by atoms with Crippen molar-refractivity contribution in [1.29, 1.82) is 0 Å². The summed E-state index contributed by atoms with van der Waals surface area (Å²) in [5, 5.41) is 5.78. The molecule has 0 atom stereocenters. The van der Waals surface area contributed by atoms with Gasteiger partial charge in [0, 0.05) is 23.6 Å². The summed E-state index contributed by atoms with van der Waals surface area (Å²) in [6, 6.07) is 9.91. The van der Waals surface area contributed by atoms with E-state index in [0.29, 0.717) is 16.4 Å². The highest BCUT2D eigenvalue weighted by Gasteiger charge is 2.11. The minimum Gasteiger partial charge on any atom is -0.456 e. The van der Waals surface area contributed by atoms with Crippen LogP contribution in [0.1, 0.15) is 19.3 Å². The van der Waals surface area contributed by atoms with Crippen LogP contribution in [0.5, 0.6) is 0 Å². The molecule has 0 unspecified atom stereocenters. The number of ether oxygens (including phenoxy) is 1. The lowest BCUT2D eigenvalue weighted by Crippen LogP contribution is -2.21. The molecule has 0 aliphatic heterocycles. The molecular weight excluding hydrogens is 410 g/mol. The lowest BCUT2D eigenvalue weighted by molar-refractivity contribution is -0.147. The van der Waals surface area contributed by atoms with Gasteiger partial charge in [-0.3, -0.25) is 14.4 Å². The molecule has 6 nitrogen and oxygen atoms in total. The highest BCUT2D eigenvalue weighted by atomic mass is 35.5. The second-order valence-electron chi connectivity index (χ2n) is 5.74. The molecule has 0 fully saturated rings. The van der Waals surface area contributed by atoms with Crippen molar-refractivity contribution >= 4 is 52.4 Å². The zero-order valence-corrected chi connectivity index (χ0v) is 16.1. The van der Waals surface area contributed by atoms with Crippen LogP contribution in [0.15, 0.2) is 42.5 Å². The number of hydrogen-bond donors (Lipinski definition) is 2. The standard InChI is InChI=1S/C19H17Cl2FN2O4/c20-12-4-9-16(15(21)10-12)24-18(26)11-28-19(27)3-1-2-17(25)23-14-7-5-13(22)6-8-14/h4-10H,1-3,11H2,(H,23,25)(H,24,26). The molecule has 2 aromatic carbocycles. The first kappa shape index (κ1) is 21.7. The first-order valence-electron chi connectivity index (χ1n) is 8.29. The summed E-state index contributed by atoms with van der Waals surface area (Å²) >= 11 is 11.7. The SMILES string of the molecule is O=C(CCCC(=O)OCC(=O)Nc1ccc(Cl)cc1Cl)Nc1ccc(F)cc1. The molecule has 2 aromatic rings. The number of esters is 1. The molecule has 0 heterocycles. The summed E-state index contributed by atoms with van der Waals surface area (Å²) in [5.74, 6) is -1.86. The molecule has 9 heteroatoms. The van der Waals surface area contributed by atoms with Crippen LogP contribution in [-0.4, -0.2) is 24.4 Å². The number of anilines is 2. The summed E-state index contributed by atoms with van der Waals surface area (Å²) in [5.41, 5.74) is 0.816. The number of benzene rings is 2. The van der Waals surface area contributed by atoms with Gasteiger partial charge in [0.2, 0.25) is 5.91 Å². The number of hydrogen-bond acceptors (Lipinski definition) is 4. The van der Waals surface area contributed by atoms with Crippen molar-refractivity contribution in [3.63, 3.8) is 0 Å². The fourth-order valence-electron chi connectivity index (χ4n) is 2.15. The van der Waals surface area contributed by atoms with E-state index < -0.39 is 24.3 Å². The molecule has 0 aliphatic carbocycles. The van der Waals surface area contributed by atoms with E-state index >= 15 is 0 Å². The molecule has 0 saturated heterocycles. The van der Waals surface area contributed by atoms with Crippen LogP contribution in [0.25, 0.3) is 0 Å². The lowest BCUT2D eigenvalue weighted by atomic mass is 10.2. The number of rotatable bonds is 8. The number of halogens is 3. The Morgan fingerprint density at radius 3 is 2.32 bits per heavy atom. The topological polar surface area (TPSA) is 84.5 Å². The van der Waals surface area contributed by atoms with Gasteiger partial charge in [-0.15, -0.1) is 0 Å². The van der Waals surface area contributed by atoms with Gasteiger partial charge in [-0.1, -0.05) is 23.2 Å². The van der Waals surface area contributed by atoms with Gasteiger partial charge in [0.05, 0.1) is 10.7 Å². The van der Waals surface area contributed by atoms with Gasteiger partial charge in [-0.25, -0.2) is 4.39 Å². The van der Waals surface area contributed by atoms with Gasteiger partial charge >= 0.3 is 5.97 Å². The largest absolute Gasteiger partial charge is 0.456 e. The van der Waals surface area contributed by atoms with Gasteiger partial charge in [-0.2, -0.15) is 0 Å². The van der Waals surface area contributed by atoms with Crippen molar-refractivity contribution in [2.75, 3.05) is 17.2 Å². The van der Waals surface area contributed by atoms with Crippen LogP contribution in [0, 0.1) is 5.82 Å². The summed E-state index contributed by atoms with van der Waals surface area (Å²) in [4.78, 5) is 35.2. The first-order chi connectivity index (χ1) is 13.3. The molecule has 0 spiro atoms. The normalized spacial score (nSPS) is 10.2. The zero-order valence-electron chi connectivity index (χ0n) is 14.6. The Kier molecular flexibility index (Phi) is 8.22. The van der Waals surface area contributed by atoms with E-state index in [1.54, 1.807) is 6.07 Å². The maximum atomic E-state index is 12.8. The Balaban J connectivity index is 1.64. The minimum absolute atomic E-state index is 0.0220.